The zero-order valence-corrected chi connectivity index (χ0v) is 16.7. The van der Waals surface area contributed by atoms with Crippen LogP contribution in [0.5, 0.6) is 0 Å². The van der Waals surface area contributed by atoms with Crippen molar-refractivity contribution in [3.63, 3.8) is 0 Å². The summed E-state index contributed by atoms with van der Waals surface area (Å²) in [6.07, 6.45) is 6.71. The third-order valence-corrected chi connectivity index (χ3v) is 6.77. The summed E-state index contributed by atoms with van der Waals surface area (Å²) in [5, 5.41) is 4.28. The molecule has 1 unspecified atom stereocenters. The molecule has 0 radical (unpaired) electrons. The fourth-order valence-electron chi connectivity index (χ4n) is 3.47. The van der Waals surface area contributed by atoms with Crippen LogP contribution in [0.1, 0.15) is 41.5 Å². The van der Waals surface area contributed by atoms with Gasteiger partial charge >= 0.3 is 0 Å². The van der Waals surface area contributed by atoms with Gasteiger partial charge in [0.05, 0.1) is 29.4 Å². The Balaban J connectivity index is 1.80. The second-order valence-corrected chi connectivity index (χ2v) is 8.75. The number of aromatic nitrogens is 2. The van der Waals surface area contributed by atoms with E-state index in [1.807, 2.05) is 33.8 Å². The molecular weight excluding hydrogens is 350 g/mol. The van der Waals surface area contributed by atoms with Crippen molar-refractivity contribution < 1.29 is 13.2 Å². The Morgan fingerprint density at radius 1 is 1.19 bits per heavy atom. The van der Waals surface area contributed by atoms with Gasteiger partial charge in [-0.15, -0.1) is 0 Å². The molecule has 1 aromatic heterocycles. The molecule has 1 N–H and O–H groups in total. The molecule has 0 spiro atoms. The molecule has 6 nitrogen and oxygen atoms in total. The first-order chi connectivity index (χ1) is 12.3. The van der Waals surface area contributed by atoms with E-state index in [4.69, 9.17) is 4.74 Å². The Morgan fingerprint density at radius 2 is 1.88 bits per heavy atom. The van der Waals surface area contributed by atoms with E-state index in [1.165, 1.54) is 0 Å². The molecule has 1 aliphatic rings. The lowest BCUT2D eigenvalue weighted by atomic mass is 10.0. The summed E-state index contributed by atoms with van der Waals surface area (Å²) >= 11 is 0. The van der Waals surface area contributed by atoms with Gasteiger partial charge in [0.2, 0.25) is 0 Å². The minimum atomic E-state index is -3.67. The number of hydrogen-bond donors (Lipinski definition) is 1. The number of nitrogens with one attached hydrogen (secondary N) is 1. The van der Waals surface area contributed by atoms with E-state index in [0.717, 1.165) is 48.1 Å². The predicted octanol–water partition coefficient (Wildman–Crippen LogP) is 3.49. The highest BCUT2D eigenvalue weighted by Crippen LogP contribution is 2.27. The third kappa shape index (κ3) is 3.94. The molecule has 0 amide bonds. The zero-order valence-electron chi connectivity index (χ0n) is 15.9. The fourth-order valence-corrected chi connectivity index (χ4v) is 5.11. The molecule has 1 fully saturated rings. The predicted molar refractivity (Wildman–Crippen MR) is 102 cm³/mol. The maximum Gasteiger partial charge on any atom is 0.262 e. The van der Waals surface area contributed by atoms with E-state index < -0.39 is 10.0 Å². The van der Waals surface area contributed by atoms with Crippen molar-refractivity contribution in [3.05, 3.63) is 40.7 Å². The maximum absolute atomic E-state index is 13.0. The van der Waals surface area contributed by atoms with Crippen LogP contribution in [0.25, 0.3) is 0 Å². The van der Waals surface area contributed by atoms with Crippen molar-refractivity contribution in [2.45, 2.75) is 64.5 Å². The van der Waals surface area contributed by atoms with Crippen LogP contribution < -0.4 is 4.72 Å². The van der Waals surface area contributed by atoms with Crippen LogP contribution in [0.2, 0.25) is 0 Å². The second-order valence-electron chi connectivity index (χ2n) is 7.13. The van der Waals surface area contributed by atoms with Gasteiger partial charge in [0.25, 0.3) is 10.0 Å². The Bertz CT molecular complexity index is 871. The summed E-state index contributed by atoms with van der Waals surface area (Å²) in [6, 6.07) is 2.02. The Hall–Kier alpha value is -1.86. The molecule has 1 saturated heterocycles. The fraction of sp³-hybridized carbons (Fsp3) is 0.526. The number of nitrogens with zero attached hydrogens (tertiary/aromatic N) is 2. The van der Waals surface area contributed by atoms with Crippen LogP contribution in [0.4, 0.5) is 5.69 Å². The standard InChI is InChI=1S/C19H27N3O3S/c1-13-9-14(2)16(4)19(15(13)3)26(23,24)21-17-10-20-22(11-17)12-18-7-5-6-8-25-18/h9-11,18,21H,5-8,12H2,1-4H3. The number of hydrogen-bond acceptors (Lipinski definition) is 4. The van der Waals surface area contributed by atoms with Gasteiger partial charge in [-0.2, -0.15) is 5.10 Å². The largest absolute Gasteiger partial charge is 0.376 e. The molecule has 0 bridgehead atoms. The minimum Gasteiger partial charge on any atom is -0.376 e. The number of ether oxygens (including phenoxy) is 1. The van der Waals surface area contributed by atoms with Crippen LogP contribution in [0, 0.1) is 27.7 Å². The Morgan fingerprint density at radius 3 is 2.50 bits per heavy atom. The summed E-state index contributed by atoms with van der Waals surface area (Å²) in [4.78, 5) is 0.360. The van der Waals surface area contributed by atoms with Gasteiger partial charge in [-0.25, -0.2) is 8.42 Å². The number of sulfonamides is 1. The Labute approximate surface area is 155 Å². The van der Waals surface area contributed by atoms with E-state index in [-0.39, 0.29) is 6.10 Å². The molecule has 2 heterocycles. The van der Waals surface area contributed by atoms with Crippen LogP contribution in [0.3, 0.4) is 0 Å². The van der Waals surface area contributed by atoms with Gasteiger partial charge in [0, 0.05) is 12.8 Å². The van der Waals surface area contributed by atoms with Crippen molar-refractivity contribution in [3.8, 4) is 0 Å². The maximum atomic E-state index is 13.0. The normalized spacial score (nSPS) is 18.1. The van der Waals surface area contributed by atoms with Crippen molar-refractivity contribution >= 4 is 15.7 Å². The molecule has 26 heavy (non-hydrogen) atoms. The summed E-state index contributed by atoms with van der Waals surface area (Å²) in [6.45, 7) is 8.99. The average molecular weight is 378 g/mol. The second kappa shape index (κ2) is 7.40. The summed E-state index contributed by atoms with van der Waals surface area (Å²) in [7, 11) is -3.67. The molecule has 1 atom stereocenters. The van der Waals surface area contributed by atoms with E-state index >= 15 is 0 Å². The van der Waals surface area contributed by atoms with Gasteiger partial charge in [0.15, 0.2) is 0 Å². The van der Waals surface area contributed by atoms with E-state index in [2.05, 4.69) is 9.82 Å². The molecule has 2 aromatic rings. The van der Waals surface area contributed by atoms with E-state index in [9.17, 15) is 8.42 Å². The van der Waals surface area contributed by atoms with E-state index in [0.29, 0.717) is 17.1 Å². The molecule has 1 aromatic carbocycles. The van der Waals surface area contributed by atoms with Crippen molar-refractivity contribution in [1.82, 2.24) is 9.78 Å². The van der Waals surface area contributed by atoms with Crippen molar-refractivity contribution in [2.24, 2.45) is 0 Å². The molecule has 1 aliphatic heterocycles. The monoisotopic (exact) mass is 377 g/mol. The summed E-state index contributed by atoms with van der Waals surface area (Å²) < 4.78 is 36.1. The van der Waals surface area contributed by atoms with Crippen molar-refractivity contribution in [1.29, 1.82) is 0 Å². The molecular formula is C19H27N3O3S. The third-order valence-electron chi connectivity index (χ3n) is 5.12. The number of benzene rings is 1. The number of rotatable bonds is 5. The minimum absolute atomic E-state index is 0.150. The molecule has 0 aliphatic carbocycles. The first kappa shape index (κ1) is 18.9. The lowest BCUT2D eigenvalue weighted by molar-refractivity contribution is 0.00401. The molecule has 142 valence electrons. The smallest absolute Gasteiger partial charge is 0.262 e. The molecule has 7 heteroatoms. The van der Waals surface area contributed by atoms with Gasteiger partial charge in [-0.05, 0) is 69.2 Å². The zero-order chi connectivity index (χ0) is 18.9. The first-order valence-corrected chi connectivity index (χ1v) is 10.5. The number of aryl methyl sites for hydroxylation is 2. The first-order valence-electron chi connectivity index (χ1n) is 9.02. The van der Waals surface area contributed by atoms with Gasteiger partial charge < -0.3 is 4.74 Å². The Kier molecular flexibility index (Phi) is 5.39. The van der Waals surface area contributed by atoms with Gasteiger partial charge in [0.1, 0.15) is 0 Å². The van der Waals surface area contributed by atoms with E-state index in [1.54, 1.807) is 17.1 Å². The highest BCUT2D eigenvalue weighted by molar-refractivity contribution is 7.92. The highest BCUT2D eigenvalue weighted by atomic mass is 32.2. The average Bonchev–Trinajstić information content (AvgIpc) is 3.00. The number of anilines is 1. The van der Waals surface area contributed by atoms with Crippen LogP contribution in [-0.4, -0.2) is 30.9 Å². The highest BCUT2D eigenvalue weighted by Gasteiger charge is 2.23. The molecule has 0 saturated carbocycles. The van der Waals surface area contributed by atoms with Gasteiger partial charge in [-0.3, -0.25) is 9.40 Å². The molecule has 3 rings (SSSR count). The van der Waals surface area contributed by atoms with Crippen LogP contribution in [-0.2, 0) is 21.3 Å². The van der Waals surface area contributed by atoms with Crippen molar-refractivity contribution in [2.75, 3.05) is 11.3 Å². The van der Waals surface area contributed by atoms with Crippen LogP contribution >= 0.6 is 0 Å². The summed E-state index contributed by atoms with van der Waals surface area (Å²) in [5.74, 6) is 0. The lowest BCUT2D eigenvalue weighted by Gasteiger charge is -2.22. The lowest BCUT2D eigenvalue weighted by Crippen LogP contribution is -2.24. The topological polar surface area (TPSA) is 73.2 Å². The van der Waals surface area contributed by atoms with Gasteiger partial charge in [-0.1, -0.05) is 6.07 Å². The SMILES string of the molecule is Cc1cc(C)c(C)c(S(=O)(=O)Nc2cnn(CC3CCCCO3)c2)c1C. The summed E-state index contributed by atoms with van der Waals surface area (Å²) in [5.41, 5.74) is 3.98. The quantitative estimate of drug-likeness (QED) is 0.866. The van der Waals surface area contributed by atoms with Crippen LogP contribution in [0.15, 0.2) is 23.4 Å².